The molecule has 2 aromatic carbocycles. The molecule has 28 heavy (non-hydrogen) atoms. The van der Waals surface area contributed by atoms with Crippen molar-refractivity contribution in [1.82, 2.24) is 0 Å². The van der Waals surface area contributed by atoms with Crippen molar-refractivity contribution in [2.24, 2.45) is 0 Å². The third kappa shape index (κ3) is 6.48. The second kappa shape index (κ2) is 9.87. The Kier molecular flexibility index (Phi) is 7.80. The molecule has 1 atom stereocenters. The van der Waals surface area contributed by atoms with Crippen LogP contribution in [0, 0.1) is 5.82 Å². The lowest BCUT2D eigenvalue weighted by atomic mass is 10.0. The van der Waals surface area contributed by atoms with Crippen molar-refractivity contribution in [3.8, 4) is 0 Å². The van der Waals surface area contributed by atoms with E-state index in [1.807, 2.05) is 0 Å². The van der Waals surface area contributed by atoms with Gasteiger partial charge in [-0.25, -0.2) is 9.18 Å². The second-order valence-corrected chi connectivity index (χ2v) is 7.33. The zero-order valence-corrected chi connectivity index (χ0v) is 16.9. The Labute approximate surface area is 172 Å². The summed E-state index contributed by atoms with van der Waals surface area (Å²) in [6, 6.07) is 8.77. The van der Waals surface area contributed by atoms with Crippen LogP contribution in [0.2, 0.25) is 10.0 Å². The first-order valence-electron chi connectivity index (χ1n) is 8.56. The van der Waals surface area contributed by atoms with Gasteiger partial charge in [-0.05, 0) is 49.2 Å². The van der Waals surface area contributed by atoms with Crippen LogP contribution < -0.4 is 5.32 Å². The molecule has 0 bridgehead atoms. The molecule has 150 valence electrons. The van der Waals surface area contributed by atoms with Gasteiger partial charge < -0.3 is 15.2 Å². The molecule has 5 nitrogen and oxygen atoms in total. The number of carboxylic acid groups (broad SMARTS) is 1. The molecule has 2 rings (SSSR count). The molecule has 0 aromatic heterocycles. The summed E-state index contributed by atoms with van der Waals surface area (Å²) in [4.78, 5) is 23.6. The second-order valence-electron chi connectivity index (χ2n) is 6.49. The maximum absolute atomic E-state index is 14.1. The Balaban J connectivity index is 2.11. The number of carbonyl (C=O) groups is 2. The Morgan fingerprint density at radius 1 is 1.18 bits per heavy atom. The maximum atomic E-state index is 14.1. The van der Waals surface area contributed by atoms with E-state index in [1.165, 1.54) is 24.3 Å². The smallest absolute Gasteiger partial charge is 0.333 e. The first-order valence-corrected chi connectivity index (χ1v) is 9.31. The van der Waals surface area contributed by atoms with Crippen LogP contribution in [0.3, 0.4) is 0 Å². The lowest BCUT2D eigenvalue weighted by Crippen LogP contribution is -2.29. The van der Waals surface area contributed by atoms with Gasteiger partial charge in [0.05, 0.1) is 23.2 Å². The Hall–Kier alpha value is -2.15. The summed E-state index contributed by atoms with van der Waals surface area (Å²) in [5.41, 5.74) is 1.07. The van der Waals surface area contributed by atoms with E-state index >= 15 is 0 Å². The van der Waals surface area contributed by atoms with Crippen LogP contribution in [0.5, 0.6) is 0 Å². The van der Waals surface area contributed by atoms with Crippen LogP contribution in [0.1, 0.15) is 25.0 Å². The van der Waals surface area contributed by atoms with Crippen molar-refractivity contribution in [2.45, 2.75) is 38.9 Å². The molecule has 0 aliphatic heterocycles. The van der Waals surface area contributed by atoms with Crippen LogP contribution in [0.25, 0.3) is 0 Å². The van der Waals surface area contributed by atoms with Crippen LogP contribution in [-0.2, 0) is 27.2 Å². The zero-order valence-electron chi connectivity index (χ0n) is 15.3. The number of anilines is 1. The van der Waals surface area contributed by atoms with E-state index in [9.17, 15) is 19.1 Å². The monoisotopic (exact) mass is 427 g/mol. The molecule has 0 spiro atoms. The minimum atomic E-state index is -1.10. The van der Waals surface area contributed by atoms with Gasteiger partial charge in [0.15, 0.2) is 6.10 Å². The first-order chi connectivity index (χ1) is 13.2. The Morgan fingerprint density at radius 2 is 1.89 bits per heavy atom. The number of aliphatic carboxylic acids is 1. The topological polar surface area (TPSA) is 75.6 Å². The fraction of sp³-hybridized carbons (Fsp3) is 0.300. The highest BCUT2D eigenvalue weighted by molar-refractivity contribution is 6.36. The SMILES string of the molecule is CC(C)OC(Cc1ccc(F)c(CC(=O)Nc2ccc(Cl)cc2Cl)c1)C(=O)O. The number of hydrogen-bond acceptors (Lipinski definition) is 3. The van der Waals surface area contributed by atoms with Gasteiger partial charge in [0.2, 0.25) is 5.91 Å². The number of nitrogens with one attached hydrogen (secondary N) is 1. The molecule has 2 N–H and O–H groups in total. The number of amides is 1. The third-order valence-corrected chi connectivity index (χ3v) is 4.35. The molecule has 0 aliphatic carbocycles. The van der Waals surface area contributed by atoms with E-state index in [0.29, 0.717) is 16.3 Å². The van der Waals surface area contributed by atoms with Crippen molar-refractivity contribution in [3.63, 3.8) is 0 Å². The minimum absolute atomic E-state index is 0.0609. The minimum Gasteiger partial charge on any atom is -0.479 e. The highest BCUT2D eigenvalue weighted by Gasteiger charge is 2.21. The fourth-order valence-electron chi connectivity index (χ4n) is 2.58. The Bertz CT molecular complexity index is 873. The molecule has 1 amide bonds. The van der Waals surface area contributed by atoms with E-state index < -0.39 is 23.8 Å². The van der Waals surface area contributed by atoms with Crippen LogP contribution >= 0.6 is 23.2 Å². The first kappa shape index (κ1) is 22.1. The van der Waals surface area contributed by atoms with E-state index in [4.69, 9.17) is 27.9 Å². The molecule has 1 unspecified atom stereocenters. The summed E-state index contributed by atoms with van der Waals surface area (Å²) in [7, 11) is 0. The van der Waals surface area contributed by atoms with E-state index in [-0.39, 0.29) is 29.5 Å². The van der Waals surface area contributed by atoms with Crippen molar-refractivity contribution < 1.29 is 23.8 Å². The number of carbonyl (C=O) groups excluding carboxylic acids is 1. The predicted molar refractivity (Wildman–Crippen MR) is 107 cm³/mol. The van der Waals surface area contributed by atoms with E-state index in [0.717, 1.165) is 0 Å². The third-order valence-electron chi connectivity index (χ3n) is 3.80. The van der Waals surface area contributed by atoms with Crippen LogP contribution in [-0.4, -0.2) is 29.2 Å². The van der Waals surface area contributed by atoms with Gasteiger partial charge in [-0.15, -0.1) is 0 Å². The maximum Gasteiger partial charge on any atom is 0.333 e. The van der Waals surface area contributed by atoms with Gasteiger partial charge in [-0.3, -0.25) is 4.79 Å². The molecular weight excluding hydrogens is 408 g/mol. The molecular formula is C20H20Cl2FNO4. The molecule has 0 radical (unpaired) electrons. The van der Waals surface area contributed by atoms with E-state index in [1.54, 1.807) is 26.0 Å². The van der Waals surface area contributed by atoms with Crippen molar-refractivity contribution in [3.05, 3.63) is 63.4 Å². The van der Waals surface area contributed by atoms with Gasteiger partial charge in [-0.2, -0.15) is 0 Å². The highest BCUT2D eigenvalue weighted by atomic mass is 35.5. The molecule has 0 saturated heterocycles. The molecule has 0 aliphatic rings. The lowest BCUT2D eigenvalue weighted by Gasteiger charge is -2.17. The molecule has 8 heteroatoms. The summed E-state index contributed by atoms with van der Waals surface area (Å²) in [6.07, 6.45) is -1.50. The lowest BCUT2D eigenvalue weighted by molar-refractivity contribution is -0.153. The van der Waals surface area contributed by atoms with Crippen LogP contribution in [0.4, 0.5) is 10.1 Å². The number of rotatable bonds is 8. The van der Waals surface area contributed by atoms with E-state index in [2.05, 4.69) is 5.32 Å². The standard InChI is InChI=1S/C20H20Cl2FNO4/c1-11(2)28-18(20(26)27)8-12-3-5-16(23)13(7-12)9-19(25)24-17-6-4-14(21)10-15(17)22/h3-7,10-11,18H,8-9H2,1-2H3,(H,24,25)(H,26,27). The van der Waals surface area contributed by atoms with Gasteiger partial charge in [0, 0.05) is 11.4 Å². The summed E-state index contributed by atoms with van der Waals surface area (Å²) >= 11 is 11.8. The number of ether oxygens (including phenoxy) is 1. The average Bonchev–Trinajstić information content (AvgIpc) is 2.59. The van der Waals surface area contributed by atoms with Crippen molar-refractivity contribution >= 4 is 40.8 Å². The summed E-state index contributed by atoms with van der Waals surface area (Å²) < 4.78 is 19.5. The zero-order chi connectivity index (χ0) is 20.8. The number of benzene rings is 2. The molecule has 0 saturated carbocycles. The largest absolute Gasteiger partial charge is 0.479 e. The quantitative estimate of drug-likeness (QED) is 0.637. The average molecular weight is 428 g/mol. The summed E-state index contributed by atoms with van der Waals surface area (Å²) in [5.74, 6) is -2.12. The Morgan fingerprint density at radius 3 is 2.50 bits per heavy atom. The summed E-state index contributed by atoms with van der Waals surface area (Å²) in [5, 5.41) is 12.6. The number of hydrogen-bond donors (Lipinski definition) is 2. The van der Waals surface area contributed by atoms with Crippen LogP contribution in [0.15, 0.2) is 36.4 Å². The highest BCUT2D eigenvalue weighted by Crippen LogP contribution is 2.25. The normalized spacial score (nSPS) is 12.1. The number of halogens is 3. The molecule has 0 heterocycles. The van der Waals surface area contributed by atoms with Gasteiger partial charge >= 0.3 is 5.97 Å². The summed E-state index contributed by atoms with van der Waals surface area (Å²) in [6.45, 7) is 3.47. The molecule has 0 fully saturated rings. The predicted octanol–water partition coefficient (Wildman–Crippen LogP) is 4.73. The fourth-order valence-corrected chi connectivity index (χ4v) is 3.04. The molecule has 2 aromatic rings. The van der Waals surface area contributed by atoms with Gasteiger partial charge in [0.25, 0.3) is 0 Å². The van der Waals surface area contributed by atoms with Gasteiger partial charge in [0.1, 0.15) is 5.82 Å². The van der Waals surface area contributed by atoms with Crippen molar-refractivity contribution in [1.29, 1.82) is 0 Å². The van der Waals surface area contributed by atoms with Crippen molar-refractivity contribution in [2.75, 3.05) is 5.32 Å². The number of carboxylic acids is 1. The van der Waals surface area contributed by atoms with Gasteiger partial charge in [-0.1, -0.05) is 35.3 Å².